The fourth-order valence-corrected chi connectivity index (χ4v) is 6.24. The molecule has 0 heterocycles. The SMILES string of the molecule is O=C(Nc1cc(C(=O)Nc2cccc3cc(S(=O)(=O)O)ccc23)cc(C(=O)Nc2cccc3cc(S(=O)(=O)O)ccc23)c1)c1ccccc1. The van der Waals surface area contributed by atoms with Gasteiger partial charge in [0.05, 0.1) is 9.79 Å². The van der Waals surface area contributed by atoms with Crippen molar-refractivity contribution in [3.8, 4) is 0 Å². The molecule has 246 valence electrons. The molecule has 14 heteroatoms. The third kappa shape index (κ3) is 7.32. The van der Waals surface area contributed by atoms with Gasteiger partial charge in [0.25, 0.3) is 38.0 Å². The van der Waals surface area contributed by atoms with E-state index in [9.17, 15) is 40.3 Å². The molecule has 0 unspecified atom stereocenters. The van der Waals surface area contributed by atoms with E-state index in [-0.39, 0.29) is 26.6 Å². The van der Waals surface area contributed by atoms with Crippen LogP contribution in [-0.2, 0) is 20.2 Å². The largest absolute Gasteiger partial charge is 0.322 e. The van der Waals surface area contributed by atoms with Crippen LogP contribution < -0.4 is 16.0 Å². The topological polar surface area (TPSA) is 196 Å². The number of carbonyl (C=O) groups is 3. The fraction of sp³-hybridized carbons (Fsp3) is 0. The number of fused-ring (bicyclic) bond motifs is 2. The van der Waals surface area contributed by atoms with Crippen LogP contribution in [0.2, 0.25) is 0 Å². The van der Waals surface area contributed by atoms with Gasteiger partial charge in [-0.3, -0.25) is 23.5 Å². The van der Waals surface area contributed by atoms with Crippen LogP contribution in [0.15, 0.2) is 131 Å². The second kappa shape index (κ2) is 12.9. The molecule has 12 nitrogen and oxygen atoms in total. The zero-order valence-corrected chi connectivity index (χ0v) is 26.7. The van der Waals surface area contributed by atoms with E-state index < -0.39 is 38.0 Å². The number of hydrogen-bond acceptors (Lipinski definition) is 7. The van der Waals surface area contributed by atoms with Gasteiger partial charge in [-0.15, -0.1) is 0 Å². The Hall–Kier alpha value is -5.93. The first-order valence-electron chi connectivity index (χ1n) is 14.4. The minimum atomic E-state index is -4.46. The summed E-state index contributed by atoms with van der Waals surface area (Å²) in [6.45, 7) is 0. The first-order chi connectivity index (χ1) is 23.3. The van der Waals surface area contributed by atoms with E-state index in [2.05, 4.69) is 16.0 Å². The van der Waals surface area contributed by atoms with E-state index >= 15 is 0 Å². The average Bonchev–Trinajstić information content (AvgIpc) is 3.07. The smallest absolute Gasteiger partial charge is 0.294 e. The summed E-state index contributed by atoms with van der Waals surface area (Å²) in [5, 5.41) is 10.0. The Bertz CT molecular complexity index is 2390. The number of nitrogens with one attached hydrogen (secondary N) is 3. The van der Waals surface area contributed by atoms with Crippen molar-refractivity contribution in [2.75, 3.05) is 16.0 Å². The zero-order chi connectivity index (χ0) is 34.9. The van der Waals surface area contributed by atoms with Crippen LogP contribution >= 0.6 is 0 Å². The van der Waals surface area contributed by atoms with E-state index in [1.165, 1.54) is 54.6 Å². The number of anilines is 3. The highest BCUT2D eigenvalue weighted by Crippen LogP contribution is 2.29. The van der Waals surface area contributed by atoms with E-state index in [0.29, 0.717) is 38.5 Å². The van der Waals surface area contributed by atoms with Crippen LogP contribution in [0.1, 0.15) is 31.1 Å². The Morgan fingerprint density at radius 1 is 0.449 bits per heavy atom. The molecule has 6 aromatic carbocycles. The number of carbonyl (C=O) groups excluding carboxylic acids is 3. The summed E-state index contributed by atoms with van der Waals surface area (Å²) < 4.78 is 65.4. The normalized spacial score (nSPS) is 11.6. The van der Waals surface area contributed by atoms with Crippen molar-refractivity contribution >= 4 is 76.6 Å². The Morgan fingerprint density at radius 2 is 0.898 bits per heavy atom. The van der Waals surface area contributed by atoms with Crippen LogP contribution in [0.4, 0.5) is 17.1 Å². The molecular weight excluding hydrogens is 671 g/mol. The van der Waals surface area contributed by atoms with Crippen molar-refractivity contribution in [2.24, 2.45) is 0 Å². The molecule has 6 rings (SSSR count). The van der Waals surface area contributed by atoms with Crippen molar-refractivity contribution in [1.29, 1.82) is 0 Å². The Balaban J connectivity index is 1.35. The molecule has 0 aliphatic heterocycles. The number of benzene rings is 6. The van der Waals surface area contributed by atoms with Gasteiger partial charge in [-0.25, -0.2) is 0 Å². The molecule has 0 aliphatic rings. The molecule has 0 aliphatic carbocycles. The number of hydrogen-bond donors (Lipinski definition) is 5. The third-order valence-corrected chi connectivity index (χ3v) is 9.25. The van der Waals surface area contributed by atoms with Gasteiger partial charge >= 0.3 is 0 Å². The lowest BCUT2D eigenvalue weighted by Gasteiger charge is -2.14. The Morgan fingerprint density at radius 3 is 1.35 bits per heavy atom. The minimum Gasteiger partial charge on any atom is -0.322 e. The monoisotopic (exact) mass is 695 g/mol. The van der Waals surface area contributed by atoms with Gasteiger partial charge in [-0.2, -0.15) is 16.8 Å². The lowest BCUT2D eigenvalue weighted by molar-refractivity contribution is 0.101. The molecule has 5 N–H and O–H groups in total. The average molecular weight is 696 g/mol. The molecule has 0 spiro atoms. The standard InChI is InChI=1S/C35H25N3O9S2/c39-33(21-6-2-1-3-7-21)36-26-17-24(34(40)37-31-10-4-8-22-19-27(48(42,43)44)12-14-29(22)31)16-25(18-26)35(41)38-32-11-5-9-23-20-28(49(45,46)47)13-15-30(23)32/h1-20H,(H,36,39)(H,37,40)(H,38,41)(H,42,43,44)(H,45,46,47). The zero-order valence-electron chi connectivity index (χ0n) is 25.1. The second-order valence-electron chi connectivity index (χ2n) is 10.9. The predicted molar refractivity (Wildman–Crippen MR) is 184 cm³/mol. The quantitative estimate of drug-likeness (QED) is 0.114. The first kappa shape index (κ1) is 33.0. The molecule has 0 aromatic heterocycles. The van der Waals surface area contributed by atoms with Crippen molar-refractivity contribution in [2.45, 2.75) is 9.79 Å². The second-order valence-corrected chi connectivity index (χ2v) is 13.7. The van der Waals surface area contributed by atoms with Crippen molar-refractivity contribution in [3.05, 3.63) is 138 Å². The molecule has 0 bridgehead atoms. The summed E-state index contributed by atoms with van der Waals surface area (Å²) in [7, 11) is -8.92. The van der Waals surface area contributed by atoms with Crippen LogP contribution in [-0.4, -0.2) is 43.7 Å². The summed E-state index contributed by atoms with van der Waals surface area (Å²) in [5.41, 5.74) is 1.10. The molecule has 0 radical (unpaired) electrons. The lowest BCUT2D eigenvalue weighted by Crippen LogP contribution is -2.18. The molecule has 0 saturated carbocycles. The molecule has 0 saturated heterocycles. The van der Waals surface area contributed by atoms with Crippen LogP contribution in [0, 0.1) is 0 Å². The maximum atomic E-state index is 13.7. The van der Waals surface area contributed by atoms with Gasteiger partial charge in [-0.1, -0.05) is 54.6 Å². The molecule has 49 heavy (non-hydrogen) atoms. The van der Waals surface area contributed by atoms with Gasteiger partial charge in [0, 0.05) is 44.5 Å². The number of rotatable bonds is 8. The summed E-state index contributed by atoms with van der Waals surface area (Å²) in [5.74, 6) is -1.80. The van der Waals surface area contributed by atoms with E-state index in [4.69, 9.17) is 0 Å². The molecule has 6 aromatic rings. The fourth-order valence-electron chi connectivity index (χ4n) is 5.21. The van der Waals surface area contributed by atoms with Crippen LogP contribution in [0.3, 0.4) is 0 Å². The maximum Gasteiger partial charge on any atom is 0.294 e. The Labute approximate surface area is 279 Å². The molecule has 3 amide bonds. The highest BCUT2D eigenvalue weighted by atomic mass is 32.2. The highest BCUT2D eigenvalue weighted by Gasteiger charge is 2.18. The van der Waals surface area contributed by atoms with Crippen LogP contribution in [0.25, 0.3) is 21.5 Å². The summed E-state index contributed by atoms with van der Waals surface area (Å²) in [6, 6.07) is 29.8. The summed E-state index contributed by atoms with van der Waals surface area (Å²) in [6.07, 6.45) is 0. The summed E-state index contributed by atoms with van der Waals surface area (Å²) in [4.78, 5) is 39.7. The maximum absolute atomic E-state index is 13.7. The Kier molecular flexibility index (Phi) is 8.71. The van der Waals surface area contributed by atoms with E-state index in [1.54, 1.807) is 66.7 Å². The first-order valence-corrected chi connectivity index (χ1v) is 17.3. The summed E-state index contributed by atoms with van der Waals surface area (Å²) >= 11 is 0. The molecule has 0 atom stereocenters. The van der Waals surface area contributed by atoms with Crippen LogP contribution in [0.5, 0.6) is 0 Å². The third-order valence-electron chi connectivity index (χ3n) is 7.55. The predicted octanol–water partition coefficient (Wildman–Crippen LogP) is 6.24. The van der Waals surface area contributed by atoms with E-state index in [0.717, 1.165) is 0 Å². The lowest BCUT2D eigenvalue weighted by atomic mass is 10.0. The van der Waals surface area contributed by atoms with Crippen molar-refractivity contribution < 1.29 is 40.3 Å². The highest BCUT2D eigenvalue weighted by molar-refractivity contribution is 7.86. The number of amides is 3. The van der Waals surface area contributed by atoms with Gasteiger partial charge in [0.1, 0.15) is 0 Å². The van der Waals surface area contributed by atoms with Crippen molar-refractivity contribution in [3.63, 3.8) is 0 Å². The van der Waals surface area contributed by atoms with Crippen molar-refractivity contribution in [1.82, 2.24) is 0 Å². The van der Waals surface area contributed by atoms with Gasteiger partial charge in [0.2, 0.25) is 0 Å². The van der Waals surface area contributed by atoms with Gasteiger partial charge in [0.15, 0.2) is 0 Å². The minimum absolute atomic E-state index is 0.00159. The van der Waals surface area contributed by atoms with E-state index in [1.807, 2.05) is 0 Å². The van der Waals surface area contributed by atoms with Gasteiger partial charge < -0.3 is 16.0 Å². The van der Waals surface area contributed by atoms with Gasteiger partial charge in [-0.05, 0) is 77.5 Å². The molecular formula is C35H25N3O9S2. The molecule has 0 fully saturated rings.